The number of benzene rings is 1. The first-order valence-corrected chi connectivity index (χ1v) is 8.43. The van der Waals surface area contributed by atoms with Crippen LogP contribution >= 0.6 is 15.9 Å². The zero-order valence-corrected chi connectivity index (χ0v) is 13.7. The molecule has 1 rings (SSSR count). The van der Waals surface area contributed by atoms with Gasteiger partial charge in [-0.3, -0.25) is 0 Å². The van der Waals surface area contributed by atoms with Crippen LogP contribution in [0.3, 0.4) is 0 Å². The van der Waals surface area contributed by atoms with E-state index in [-0.39, 0.29) is 17.1 Å². The highest BCUT2D eigenvalue weighted by atomic mass is 79.9. The van der Waals surface area contributed by atoms with Crippen LogP contribution < -0.4 is 5.73 Å². The van der Waals surface area contributed by atoms with Gasteiger partial charge in [0.1, 0.15) is 11.4 Å². The number of unbranched alkanes of at least 4 members (excludes halogenated alkanes) is 1. The summed E-state index contributed by atoms with van der Waals surface area (Å²) in [6.07, 6.45) is -3.68. The van der Waals surface area contributed by atoms with E-state index in [0.717, 1.165) is 0 Å². The lowest BCUT2D eigenvalue weighted by atomic mass is 10.3. The van der Waals surface area contributed by atoms with E-state index in [4.69, 9.17) is 5.73 Å². The first kappa shape index (κ1) is 18.2. The number of hydrogen-bond donors (Lipinski definition) is 1. The molecule has 0 spiro atoms. The molecule has 21 heavy (non-hydrogen) atoms. The average molecular weight is 389 g/mol. The molecule has 0 radical (unpaired) electrons. The molecule has 0 atom stereocenters. The molecule has 1 aromatic rings. The Morgan fingerprint density at radius 3 is 2.43 bits per heavy atom. The van der Waals surface area contributed by atoms with Crippen LogP contribution in [0.5, 0.6) is 0 Å². The van der Waals surface area contributed by atoms with Gasteiger partial charge in [0.2, 0.25) is 10.0 Å². The predicted molar refractivity (Wildman–Crippen MR) is 78.3 cm³/mol. The van der Waals surface area contributed by atoms with Crippen molar-refractivity contribution in [2.45, 2.75) is 30.8 Å². The summed E-state index contributed by atoms with van der Waals surface area (Å²) in [5.74, 6) is 0. The lowest BCUT2D eigenvalue weighted by Crippen LogP contribution is -2.39. The average Bonchev–Trinajstić information content (AvgIpc) is 2.32. The Bertz CT molecular complexity index is 591. The van der Waals surface area contributed by atoms with Crippen molar-refractivity contribution in [1.29, 1.82) is 0 Å². The Labute approximate surface area is 130 Å². The van der Waals surface area contributed by atoms with Crippen LogP contribution in [0.1, 0.15) is 19.8 Å². The highest BCUT2D eigenvalue weighted by Crippen LogP contribution is 2.28. The number of alkyl halides is 3. The number of halogens is 4. The Morgan fingerprint density at radius 2 is 1.95 bits per heavy atom. The molecule has 0 aliphatic heterocycles. The van der Waals surface area contributed by atoms with Gasteiger partial charge >= 0.3 is 6.18 Å². The normalized spacial score (nSPS) is 12.9. The van der Waals surface area contributed by atoms with E-state index >= 15 is 0 Å². The maximum absolute atomic E-state index is 12.6. The van der Waals surface area contributed by atoms with E-state index < -0.39 is 22.7 Å². The molecule has 9 heteroatoms. The highest BCUT2D eigenvalue weighted by molar-refractivity contribution is 9.10. The fourth-order valence-corrected chi connectivity index (χ4v) is 3.65. The van der Waals surface area contributed by atoms with Crippen molar-refractivity contribution in [3.8, 4) is 0 Å². The quantitative estimate of drug-likeness (QED) is 0.759. The number of anilines is 1. The molecule has 0 aliphatic rings. The molecule has 0 saturated carbocycles. The molecule has 2 N–H and O–H groups in total. The number of hydrogen-bond acceptors (Lipinski definition) is 3. The van der Waals surface area contributed by atoms with Gasteiger partial charge < -0.3 is 5.73 Å². The maximum Gasteiger partial charge on any atom is 0.402 e. The number of nitrogens with two attached hydrogens (primary N) is 1. The van der Waals surface area contributed by atoms with Crippen molar-refractivity contribution in [3.63, 3.8) is 0 Å². The van der Waals surface area contributed by atoms with E-state index in [1.54, 1.807) is 6.92 Å². The Hall–Kier alpha value is -0.800. The second kappa shape index (κ2) is 6.97. The molecule has 0 saturated heterocycles. The number of nitrogen functional groups attached to an aromatic ring is 1. The van der Waals surface area contributed by atoms with Gasteiger partial charge in [0.05, 0.1) is 5.69 Å². The predicted octanol–water partition coefficient (Wildman–Crippen LogP) is 3.38. The largest absolute Gasteiger partial charge is 0.402 e. The topological polar surface area (TPSA) is 63.4 Å². The minimum absolute atomic E-state index is 0.0898. The Kier molecular flexibility index (Phi) is 6.06. The van der Waals surface area contributed by atoms with E-state index in [1.807, 2.05) is 0 Å². The van der Waals surface area contributed by atoms with Gasteiger partial charge in [-0.05, 0) is 24.6 Å². The molecule has 120 valence electrons. The van der Waals surface area contributed by atoms with Gasteiger partial charge in [-0.2, -0.15) is 17.5 Å². The molecule has 0 aliphatic carbocycles. The maximum atomic E-state index is 12.6. The van der Waals surface area contributed by atoms with Crippen molar-refractivity contribution in [1.82, 2.24) is 4.31 Å². The van der Waals surface area contributed by atoms with Gasteiger partial charge in [0, 0.05) is 11.0 Å². The third-order valence-corrected chi connectivity index (χ3v) is 5.12. The fraction of sp³-hybridized carbons (Fsp3) is 0.500. The summed E-state index contributed by atoms with van der Waals surface area (Å²) in [5, 5.41) is 0. The van der Waals surface area contributed by atoms with Crippen molar-refractivity contribution in [2.24, 2.45) is 0 Å². The Morgan fingerprint density at radius 1 is 1.33 bits per heavy atom. The van der Waals surface area contributed by atoms with Crippen LogP contribution in [-0.2, 0) is 10.0 Å². The third kappa shape index (κ3) is 5.15. The van der Waals surface area contributed by atoms with E-state index in [9.17, 15) is 21.6 Å². The van der Waals surface area contributed by atoms with E-state index in [1.165, 1.54) is 18.2 Å². The summed E-state index contributed by atoms with van der Waals surface area (Å²) < 4.78 is 63.5. The SMILES string of the molecule is CCCCN(CC(F)(F)F)S(=O)(=O)c1ccc(Br)cc1N. The van der Waals surface area contributed by atoms with Crippen molar-refractivity contribution in [3.05, 3.63) is 22.7 Å². The van der Waals surface area contributed by atoms with Crippen molar-refractivity contribution in [2.75, 3.05) is 18.8 Å². The van der Waals surface area contributed by atoms with Gasteiger partial charge in [-0.25, -0.2) is 8.42 Å². The monoisotopic (exact) mass is 388 g/mol. The van der Waals surface area contributed by atoms with Crippen LogP contribution in [0.4, 0.5) is 18.9 Å². The lowest BCUT2D eigenvalue weighted by Gasteiger charge is -2.24. The van der Waals surface area contributed by atoms with E-state index in [0.29, 0.717) is 21.6 Å². The lowest BCUT2D eigenvalue weighted by molar-refractivity contribution is -0.136. The molecule has 0 fully saturated rings. The van der Waals surface area contributed by atoms with Crippen LogP contribution in [0.15, 0.2) is 27.6 Å². The van der Waals surface area contributed by atoms with Gasteiger partial charge in [-0.15, -0.1) is 0 Å². The number of sulfonamides is 1. The molecule has 0 bridgehead atoms. The van der Waals surface area contributed by atoms with Gasteiger partial charge in [0.25, 0.3) is 0 Å². The minimum Gasteiger partial charge on any atom is -0.398 e. The summed E-state index contributed by atoms with van der Waals surface area (Å²) >= 11 is 3.12. The minimum atomic E-state index is -4.61. The smallest absolute Gasteiger partial charge is 0.398 e. The number of nitrogens with zero attached hydrogens (tertiary/aromatic N) is 1. The Balaban J connectivity index is 3.19. The summed E-state index contributed by atoms with van der Waals surface area (Å²) in [6.45, 7) is 0.0467. The molecular formula is C12H16BrF3N2O2S. The zero-order valence-electron chi connectivity index (χ0n) is 11.3. The van der Waals surface area contributed by atoms with Crippen LogP contribution in [0.25, 0.3) is 0 Å². The summed E-state index contributed by atoms with van der Waals surface area (Å²) in [5.41, 5.74) is 5.53. The van der Waals surface area contributed by atoms with Crippen molar-refractivity contribution >= 4 is 31.6 Å². The van der Waals surface area contributed by atoms with Crippen molar-refractivity contribution < 1.29 is 21.6 Å². The summed E-state index contributed by atoms with van der Waals surface area (Å²) in [6, 6.07) is 3.97. The second-order valence-electron chi connectivity index (χ2n) is 4.49. The molecule has 0 aromatic heterocycles. The fourth-order valence-electron chi connectivity index (χ4n) is 1.71. The standard InChI is InChI=1S/C12H16BrF3N2O2S/c1-2-3-6-18(8-12(14,15)16)21(19,20)11-5-4-9(13)7-10(11)17/h4-5,7H,2-3,6,8,17H2,1H3. The molecule has 0 unspecified atom stereocenters. The molecule has 0 amide bonds. The van der Waals surface area contributed by atoms with Gasteiger partial charge in [-0.1, -0.05) is 29.3 Å². The van der Waals surface area contributed by atoms with Crippen LogP contribution in [-0.4, -0.2) is 32.0 Å². The summed E-state index contributed by atoms with van der Waals surface area (Å²) in [7, 11) is -4.29. The first-order valence-electron chi connectivity index (χ1n) is 6.20. The molecule has 4 nitrogen and oxygen atoms in total. The molecular weight excluding hydrogens is 373 g/mol. The second-order valence-corrected chi connectivity index (χ2v) is 7.31. The summed E-state index contributed by atoms with van der Waals surface area (Å²) in [4.78, 5) is -0.314. The number of rotatable bonds is 6. The highest BCUT2D eigenvalue weighted by Gasteiger charge is 2.37. The van der Waals surface area contributed by atoms with Crippen LogP contribution in [0.2, 0.25) is 0 Å². The first-order chi connectivity index (χ1) is 9.58. The molecule has 0 heterocycles. The zero-order chi connectivity index (χ0) is 16.3. The van der Waals surface area contributed by atoms with E-state index in [2.05, 4.69) is 15.9 Å². The third-order valence-electron chi connectivity index (χ3n) is 2.71. The van der Waals surface area contributed by atoms with Crippen LogP contribution in [0, 0.1) is 0 Å². The van der Waals surface area contributed by atoms with Gasteiger partial charge in [0.15, 0.2) is 0 Å². The molecule has 1 aromatic carbocycles.